The summed E-state index contributed by atoms with van der Waals surface area (Å²) in [7, 11) is 1.59. The van der Waals surface area contributed by atoms with Crippen LogP contribution in [0.25, 0.3) is 11.8 Å². The van der Waals surface area contributed by atoms with E-state index in [0.717, 1.165) is 16.8 Å². The Kier molecular flexibility index (Phi) is 5.68. The van der Waals surface area contributed by atoms with E-state index in [0.29, 0.717) is 42.5 Å². The van der Waals surface area contributed by atoms with Crippen molar-refractivity contribution in [3.8, 4) is 11.4 Å². The van der Waals surface area contributed by atoms with Crippen molar-refractivity contribution in [2.24, 2.45) is 10.6 Å². The molecule has 6 rings (SSSR count). The number of rotatable bonds is 5. The molecule has 196 valence electrons. The number of carbonyl (C=O) groups is 1. The predicted molar refractivity (Wildman–Crippen MR) is 136 cm³/mol. The van der Waals surface area contributed by atoms with Gasteiger partial charge in [-0.25, -0.2) is 14.1 Å². The number of carbonyl (C=O) groups excluding carboxylic acids is 1. The number of ether oxygens (including phenoxy) is 1. The Bertz CT molecular complexity index is 1470. The summed E-state index contributed by atoms with van der Waals surface area (Å²) < 4.78 is 21.0. The third kappa shape index (κ3) is 3.73. The van der Waals surface area contributed by atoms with Gasteiger partial charge in [-0.15, -0.1) is 0 Å². The minimum Gasteiger partial charge on any atom is -0.494 e. The van der Waals surface area contributed by atoms with Crippen LogP contribution in [0.5, 0.6) is 5.75 Å². The summed E-state index contributed by atoms with van der Waals surface area (Å²) in [4.78, 5) is 24.7. The molecule has 2 saturated heterocycles. The van der Waals surface area contributed by atoms with E-state index in [9.17, 15) is 14.3 Å². The molecule has 2 N–H and O–H groups in total. The van der Waals surface area contributed by atoms with Crippen LogP contribution in [0.15, 0.2) is 59.5 Å². The number of benzene rings is 2. The number of amides is 1. The molecule has 3 aliphatic heterocycles. The van der Waals surface area contributed by atoms with Crippen molar-refractivity contribution >= 4 is 17.8 Å². The average molecular weight is 519 g/mol. The van der Waals surface area contributed by atoms with Gasteiger partial charge >= 0.3 is 0 Å². The maximum atomic E-state index is 13.7. The van der Waals surface area contributed by atoms with E-state index in [1.165, 1.54) is 12.1 Å². The smallest absolute Gasteiger partial charge is 0.230 e. The third-order valence-electron chi connectivity index (χ3n) is 7.61. The van der Waals surface area contributed by atoms with E-state index in [4.69, 9.17) is 9.57 Å². The van der Waals surface area contributed by atoms with Crippen molar-refractivity contribution in [2.75, 3.05) is 33.4 Å². The largest absolute Gasteiger partial charge is 0.494 e. The molecule has 2 unspecified atom stereocenters. The van der Waals surface area contributed by atoms with Crippen LogP contribution in [-0.2, 0) is 15.2 Å². The molecule has 0 bridgehead atoms. The number of halogens is 1. The topological polar surface area (TPSA) is 114 Å². The number of aryl methyl sites for hydroxylation is 1. The Morgan fingerprint density at radius 2 is 2.08 bits per heavy atom. The summed E-state index contributed by atoms with van der Waals surface area (Å²) in [5.41, 5.74) is 1.34. The lowest BCUT2D eigenvalue weighted by atomic mass is 9.69. The molecule has 1 spiro atoms. The van der Waals surface area contributed by atoms with Gasteiger partial charge in [0.2, 0.25) is 5.91 Å². The minimum absolute atomic E-state index is 0.0469. The Morgan fingerprint density at radius 3 is 2.71 bits per heavy atom. The number of amidine groups is 1. The molecule has 1 amide bonds. The SMILES string of the molecule is COc1cc(C=C2CC3(CNC3=O)CN3C2=NOCC3(CO)c2ccc(F)cc2)ccc1-n1cnc(C)n1. The van der Waals surface area contributed by atoms with Crippen molar-refractivity contribution in [3.63, 3.8) is 0 Å². The molecular weight excluding hydrogens is 491 g/mol. The van der Waals surface area contributed by atoms with Gasteiger partial charge in [-0.1, -0.05) is 23.4 Å². The molecule has 3 aromatic rings. The number of piperidine rings is 1. The molecule has 10 nitrogen and oxygen atoms in total. The first-order chi connectivity index (χ1) is 18.4. The molecule has 3 aliphatic rings. The predicted octanol–water partition coefficient (Wildman–Crippen LogP) is 2.16. The van der Waals surface area contributed by atoms with Crippen LogP contribution in [0.2, 0.25) is 0 Å². The van der Waals surface area contributed by atoms with Gasteiger partial charge in [0.1, 0.15) is 41.6 Å². The van der Waals surface area contributed by atoms with Crippen LogP contribution in [0.4, 0.5) is 4.39 Å². The first-order valence-corrected chi connectivity index (χ1v) is 12.3. The summed E-state index contributed by atoms with van der Waals surface area (Å²) in [6, 6.07) is 11.7. The Balaban J connectivity index is 1.44. The summed E-state index contributed by atoms with van der Waals surface area (Å²) in [6.45, 7) is 2.43. The summed E-state index contributed by atoms with van der Waals surface area (Å²) in [5, 5.41) is 22.3. The molecule has 0 aliphatic carbocycles. The number of hydrogen-bond acceptors (Lipinski definition) is 8. The molecule has 2 atom stereocenters. The van der Waals surface area contributed by atoms with E-state index in [-0.39, 0.29) is 24.9 Å². The number of aliphatic hydroxyl groups is 1. The van der Waals surface area contributed by atoms with Gasteiger partial charge in [-0.05, 0) is 60.4 Å². The van der Waals surface area contributed by atoms with Crippen molar-refractivity contribution in [3.05, 3.63) is 77.1 Å². The van der Waals surface area contributed by atoms with Crippen LogP contribution in [-0.4, -0.2) is 69.9 Å². The highest BCUT2D eigenvalue weighted by Gasteiger charge is 2.57. The van der Waals surface area contributed by atoms with E-state index in [1.54, 1.807) is 30.3 Å². The van der Waals surface area contributed by atoms with Crippen LogP contribution in [0, 0.1) is 18.2 Å². The number of fused-ring (bicyclic) bond motifs is 1. The fraction of sp³-hybridized carbons (Fsp3) is 0.333. The molecule has 4 heterocycles. The minimum atomic E-state index is -1.03. The van der Waals surface area contributed by atoms with Gasteiger partial charge in [-0.3, -0.25) is 4.79 Å². The molecule has 1 aromatic heterocycles. The van der Waals surface area contributed by atoms with Crippen LogP contribution in [0.1, 0.15) is 23.4 Å². The summed E-state index contributed by atoms with van der Waals surface area (Å²) in [6.07, 6.45) is 4.04. The van der Waals surface area contributed by atoms with Gasteiger partial charge in [0.15, 0.2) is 5.84 Å². The molecular formula is C27H27FN6O4. The zero-order valence-electron chi connectivity index (χ0n) is 21.0. The highest BCUT2D eigenvalue weighted by atomic mass is 19.1. The molecule has 11 heteroatoms. The molecule has 38 heavy (non-hydrogen) atoms. The zero-order valence-corrected chi connectivity index (χ0v) is 21.0. The Morgan fingerprint density at radius 1 is 1.26 bits per heavy atom. The molecule has 0 saturated carbocycles. The van der Waals surface area contributed by atoms with Gasteiger partial charge in [-0.2, -0.15) is 5.10 Å². The van der Waals surface area contributed by atoms with E-state index in [1.807, 2.05) is 36.1 Å². The van der Waals surface area contributed by atoms with Crippen molar-refractivity contribution in [2.45, 2.75) is 18.9 Å². The average Bonchev–Trinajstić information content (AvgIpc) is 3.38. The summed E-state index contributed by atoms with van der Waals surface area (Å²) in [5.74, 6) is 1.36. The van der Waals surface area contributed by atoms with Crippen molar-refractivity contribution in [1.29, 1.82) is 0 Å². The van der Waals surface area contributed by atoms with Crippen LogP contribution >= 0.6 is 0 Å². The lowest BCUT2D eigenvalue weighted by molar-refractivity contribution is -0.145. The Hall–Kier alpha value is -4.25. The van der Waals surface area contributed by atoms with E-state index < -0.39 is 11.0 Å². The number of methoxy groups -OCH3 is 1. The molecule has 2 aromatic carbocycles. The lowest BCUT2D eigenvalue weighted by Gasteiger charge is -2.55. The molecule has 0 radical (unpaired) electrons. The normalized spacial score (nSPS) is 25.4. The van der Waals surface area contributed by atoms with Crippen molar-refractivity contribution < 1.29 is 23.9 Å². The second-order valence-corrected chi connectivity index (χ2v) is 9.95. The Labute approximate surface area is 218 Å². The number of aliphatic hydroxyl groups excluding tert-OH is 1. The second-order valence-electron chi connectivity index (χ2n) is 9.95. The maximum Gasteiger partial charge on any atom is 0.230 e. The number of oxime groups is 1. The monoisotopic (exact) mass is 518 g/mol. The van der Waals surface area contributed by atoms with E-state index in [2.05, 4.69) is 20.6 Å². The number of nitrogens with zero attached hydrogens (tertiary/aromatic N) is 5. The number of aromatic nitrogens is 3. The lowest BCUT2D eigenvalue weighted by Crippen LogP contribution is -2.71. The summed E-state index contributed by atoms with van der Waals surface area (Å²) >= 11 is 0. The first kappa shape index (κ1) is 24.1. The van der Waals surface area contributed by atoms with Gasteiger partial charge in [0.05, 0.1) is 19.1 Å². The van der Waals surface area contributed by atoms with Crippen LogP contribution < -0.4 is 10.1 Å². The zero-order chi connectivity index (χ0) is 26.5. The fourth-order valence-corrected chi connectivity index (χ4v) is 5.45. The van der Waals surface area contributed by atoms with Gasteiger partial charge < -0.3 is 24.9 Å². The third-order valence-corrected chi connectivity index (χ3v) is 7.61. The number of hydrogen-bond donors (Lipinski definition) is 2. The quantitative estimate of drug-likeness (QED) is 0.498. The highest BCUT2D eigenvalue weighted by molar-refractivity contribution is 6.06. The van der Waals surface area contributed by atoms with Crippen LogP contribution in [0.3, 0.4) is 0 Å². The van der Waals surface area contributed by atoms with E-state index >= 15 is 0 Å². The van der Waals surface area contributed by atoms with Gasteiger partial charge in [0, 0.05) is 13.1 Å². The first-order valence-electron chi connectivity index (χ1n) is 12.3. The molecule has 2 fully saturated rings. The maximum absolute atomic E-state index is 13.7. The van der Waals surface area contributed by atoms with Gasteiger partial charge in [0.25, 0.3) is 0 Å². The highest BCUT2D eigenvalue weighted by Crippen LogP contribution is 2.45. The van der Waals surface area contributed by atoms with Crippen molar-refractivity contribution in [1.82, 2.24) is 25.0 Å². The standard InChI is InChI=1S/C27H27FN6O4/c1-17-30-16-34(31-17)22-8-3-18(10-23(22)37-2)9-19-11-26(12-29-25(26)36)13-33-24(19)32-38-15-27(33,14-35)20-4-6-21(28)7-5-20/h3-10,16,35H,11-15H2,1-2H3,(H,29,36). The number of nitrogens with one attached hydrogen (secondary N) is 1. The fourth-order valence-electron chi connectivity index (χ4n) is 5.45. The second kappa shape index (κ2) is 8.95. The number of β-lactam (4-membered cyclic amide) rings is 1.